The summed E-state index contributed by atoms with van der Waals surface area (Å²) in [6.45, 7) is 0. The van der Waals surface area contributed by atoms with Crippen LogP contribution in [0.4, 0.5) is 5.69 Å². The third kappa shape index (κ3) is 2.38. The fourth-order valence-corrected chi connectivity index (χ4v) is 3.56. The van der Waals surface area contributed by atoms with Crippen molar-refractivity contribution in [1.82, 2.24) is 29.7 Å². The number of pyridine rings is 2. The minimum Gasteiger partial charge on any atom is -0.345 e. The Morgan fingerprint density at radius 2 is 1.96 bits per heavy atom. The van der Waals surface area contributed by atoms with Gasteiger partial charge in [-0.2, -0.15) is 5.10 Å². The number of anilines is 1. The molecule has 4 heterocycles. The van der Waals surface area contributed by atoms with Crippen LogP contribution in [0.2, 0.25) is 0 Å². The normalized spacial score (nSPS) is 11.7. The first-order valence-corrected chi connectivity index (χ1v) is 8.38. The van der Waals surface area contributed by atoms with E-state index < -0.39 is 10.0 Å². The first-order chi connectivity index (χ1) is 11.6. The zero-order valence-electron chi connectivity index (χ0n) is 12.2. The molecular formula is C14H11N7O2S. The predicted molar refractivity (Wildman–Crippen MR) is 86.1 cm³/mol. The van der Waals surface area contributed by atoms with E-state index in [1.807, 2.05) is 0 Å². The maximum Gasteiger partial charge on any atom is 0.264 e. The number of hydrogen-bond donors (Lipinski definition) is 2. The van der Waals surface area contributed by atoms with Gasteiger partial charge in [-0.3, -0.25) is 4.72 Å². The van der Waals surface area contributed by atoms with Crippen LogP contribution >= 0.6 is 0 Å². The molecule has 0 amide bonds. The smallest absolute Gasteiger partial charge is 0.264 e. The summed E-state index contributed by atoms with van der Waals surface area (Å²) in [6, 6.07) is 6.61. The molecule has 0 fully saturated rings. The second-order valence-electron chi connectivity index (χ2n) is 4.87. The van der Waals surface area contributed by atoms with Crippen molar-refractivity contribution in [1.29, 1.82) is 0 Å². The number of sulfonamides is 1. The zero-order chi connectivity index (χ0) is 16.6. The van der Waals surface area contributed by atoms with E-state index in [1.165, 1.54) is 23.5 Å². The molecule has 4 aromatic rings. The molecule has 0 spiro atoms. The molecule has 9 nitrogen and oxygen atoms in total. The number of rotatable bonds is 4. The summed E-state index contributed by atoms with van der Waals surface area (Å²) in [4.78, 5) is 15.1. The third-order valence-electron chi connectivity index (χ3n) is 3.37. The highest BCUT2D eigenvalue weighted by Crippen LogP contribution is 2.25. The van der Waals surface area contributed by atoms with Gasteiger partial charge >= 0.3 is 0 Å². The molecule has 0 radical (unpaired) electrons. The lowest BCUT2D eigenvalue weighted by molar-refractivity contribution is 0.602. The topological polar surface area (TPSA) is 118 Å². The Morgan fingerprint density at radius 1 is 1.12 bits per heavy atom. The molecule has 10 heteroatoms. The highest BCUT2D eigenvalue weighted by Gasteiger charge is 2.21. The average Bonchev–Trinajstić information content (AvgIpc) is 3.25. The molecule has 0 aliphatic rings. The van der Waals surface area contributed by atoms with Gasteiger partial charge in [0.25, 0.3) is 10.0 Å². The third-order valence-corrected chi connectivity index (χ3v) is 4.77. The molecule has 0 atom stereocenters. The van der Waals surface area contributed by atoms with Gasteiger partial charge in [0.05, 0.1) is 5.69 Å². The average molecular weight is 341 g/mol. The summed E-state index contributed by atoms with van der Waals surface area (Å²) in [5.74, 6) is 0.330. The van der Waals surface area contributed by atoms with Gasteiger partial charge in [0, 0.05) is 24.0 Å². The number of H-pyrrole nitrogens is 1. The van der Waals surface area contributed by atoms with Crippen molar-refractivity contribution in [2.24, 2.45) is 0 Å². The first kappa shape index (κ1) is 14.3. The summed E-state index contributed by atoms with van der Waals surface area (Å²) in [6.07, 6.45) is 7.33. The fourth-order valence-electron chi connectivity index (χ4n) is 2.33. The van der Waals surface area contributed by atoms with Gasteiger partial charge in [0.2, 0.25) is 0 Å². The van der Waals surface area contributed by atoms with Crippen molar-refractivity contribution >= 4 is 26.7 Å². The van der Waals surface area contributed by atoms with Crippen LogP contribution in [0.15, 0.2) is 60.4 Å². The lowest BCUT2D eigenvalue weighted by Crippen LogP contribution is -2.15. The van der Waals surface area contributed by atoms with E-state index in [2.05, 4.69) is 29.8 Å². The number of aromatic amines is 1. The highest BCUT2D eigenvalue weighted by molar-refractivity contribution is 7.93. The number of nitrogens with one attached hydrogen (secondary N) is 2. The van der Waals surface area contributed by atoms with Crippen LogP contribution in [0.3, 0.4) is 0 Å². The van der Waals surface area contributed by atoms with Gasteiger partial charge in [-0.15, -0.1) is 0 Å². The van der Waals surface area contributed by atoms with Gasteiger partial charge in [0.15, 0.2) is 5.82 Å². The molecule has 4 rings (SSSR count). The van der Waals surface area contributed by atoms with E-state index in [0.717, 1.165) is 0 Å². The number of fused-ring (bicyclic) bond motifs is 1. The Bertz CT molecular complexity index is 1100. The van der Waals surface area contributed by atoms with Gasteiger partial charge in [-0.25, -0.2) is 28.1 Å². The van der Waals surface area contributed by atoms with Crippen molar-refractivity contribution in [2.75, 3.05) is 4.72 Å². The molecule has 0 bridgehead atoms. The van der Waals surface area contributed by atoms with Crippen molar-refractivity contribution < 1.29 is 8.42 Å². The molecule has 0 saturated heterocycles. The summed E-state index contributed by atoms with van der Waals surface area (Å²) < 4.78 is 29.5. The van der Waals surface area contributed by atoms with E-state index in [9.17, 15) is 8.42 Å². The minimum atomic E-state index is -3.83. The second kappa shape index (κ2) is 5.42. The quantitative estimate of drug-likeness (QED) is 0.578. The first-order valence-electron chi connectivity index (χ1n) is 6.90. The van der Waals surface area contributed by atoms with Crippen LogP contribution in [0.5, 0.6) is 0 Å². The molecule has 0 aromatic carbocycles. The van der Waals surface area contributed by atoms with E-state index in [0.29, 0.717) is 22.5 Å². The fraction of sp³-hybridized carbons (Fsp3) is 0. The van der Waals surface area contributed by atoms with Crippen molar-refractivity contribution in [3.8, 4) is 5.82 Å². The van der Waals surface area contributed by atoms with Crippen molar-refractivity contribution in [3.05, 3.63) is 55.5 Å². The maximum absolute atomic E-state index is 12.8. The molecule has 0 unspecified atom stereocenters. The Balaban J connectivity index is 1.78. The van der Waals surface area contributed by atoms with Crippen molar-refractivity contribution in [2.45, 2.75) is 4.90 Å². The Kier molecular flexibility index (Phi) is 3.24. The van der Waals surface area contributed by atoms with Crippen LogP contribution < -0.4 is 4.72 Å². The van der Waals surface area contributed by atoms with E-state index in [4.69, 9.17) is 0 Å². The standard InChI is InChI=1S/C14H11N7O2S/c22-24(23,12-7-18-13-10(12)3-1-5-16-13)20-11-4-2-6-17-14(11)21-9-15-8-19-21/h1-9,20H,(H,16,18). The van der Waals surface area contributed by atoms with E-state index in [-0.39, 0.29) is 4.90 Å². The van der Waals surface area contributed by atoms with Crippen LogP contribution in [-0.4, -0.2) is 38.1 Å². The summed E-state index contributed by atoms with van der Waals surface area (Å²) in [5, 5.41) is 4.49. The Hall–Kier alpha value is -3.27. The minimum absolute atomic E-state index is 0.110. The van der Waals surface area contributed by atoms with E-state index >= 15 is 0 Å². The van der Waals surface area contributed by atoms with Gasteiger partial charge in [0.1, 0.15) is 23.2 Å². The highest BCUT2D eigenvalue weighted by atomic mass is 32.2. The van der Waals surface area contributed by atoms with Gasteiger partial charge < -0.3 is 4.98 Å². The van der Waals surface area contributed by atoms with Crippen LogP contribution in [0, 0.1) is 0 Å². The molecule has 24 heavy (non-hydrogen) atoms. The van der Waals surface area contributed by atoms with Gasteiger partial charge in [-0.1, -0.05) is 0 Å². The molecular weight excluding hydrogens is 330 g/mol. The summed E-state index contributed by atoms with van der Waals surface area (Å²) in [7, 11) is -3.83. The molecule has 0 aliphatic heterocycles. The second-order valence-corrected chi connectivity index (χ2v) is 6.52. The Morgan fingerprint density at radius 3 is 2.79 bits per heavy atom. The predicted octanol–water partition coefficient (Wildman–Crippen LogP) is 1.34. The maximum atomic E-state index is 12.8. The number of aromatic nitrogens is 6. The molecule has 120 valence electrons. The summed E-state index contributed by atoms with van der Waals surface area (Å²) in [5.41, 5.74) is 0.793. The number of nitrogens with zero attached hydrogens (tertiary/aromatic N) is 5. The molecule has 0 aliphatic carbocycles. The lowest BCUT2D eigenvalue weighted by Gasteiger charge is -2.10. The molecule has 0 saturated carbocycles. The van der Waals surface area contributed by atoms with Crippen LogP contribution in [-0.2, 0) is 10.0 Å². The largest absolute Gasteiger partial charge is 0.345 e. The summed E-state index contributed by atoms with van der Waals surface area (Å²) >= 11 is 0. The zero-order valence-corrected chi connectivity index (χ0v) is 13.0. The van der Waals surface area contributed by atoms with Crippen molar-refractivity contribution in [3.63, 3.8) is 0 Å². The van der Waals surface area contributed by atoms with Crippen LogP contribution in [0.1, 0.15) is 0 Å². The Labute approximate surface area is 136 Å². The SMILES string of the molecule is O=S(=O)(Nc1cccnc1-n1cncn1)c1c[nH]c2ncccc12. The monoisotopic (exact) mass is 341 g/mol. The molecule has 2 N–H and O–H groups in total. The molecule has 4 aromatic heterocycles. The van der Waals surface area contributed by atoms with Gasteiger partial charge in [-0.05, 0) is 24.3 Å². The van der Waals surface area contributed by atoms with E-state index in [1.54, 1.807) is 36.7 Å². The number of hydrogen-bond acceptors (Lipinski definition) is 6. The lowest BCUT2D eigenvalue weighted by atomic mass is 10.3. The van der Waals surface area contributed by atoms with Crippen LogP contribution in [0.25, 0.3) is 16.9 Å².